The minimum atomic E-state index is 0.485. The molecule has 3 nitrogen and oxygen atoms in total. The van der Waals surface area contributed by atoms with E-state index in [4.69, 9.17) is 0 Å². The molecule has 0 aromatic carbocycles. The third-order valence-electron chi connectivity index (χ3n) is 5.90. The maximum atomic E-state index is 4.43. The minimum Gasteiger partial charge on any atom is -0.315 e. The van der Waals surface area contributed by atoms with Crippen LogP contribution in [0.3, 0.4) is 0 Å². The molecular formula is C16H25N3. The molecule has 4 aliphatic carbocycles. The number of rotatable bonds is 3. The van der Waals surface area contributed by atoms with Gasteiger partial charge in [-0.2, -0.15) is 0 Å². The van der Waals surface area contributed by atoms with Gasteiger partial charge in [-0.1, -0.05) is 0 Å². The molecule has 0 spiro atoms. The van der Waals surface area contributed by atoms with Gasteiger partial charge in [-0.3, -0.25) is 0 Å². The van der Waals surface area contributed by atoms with E-state index in [-0.39, 0.29) is 0 Å². The van der Waals surface area contributed by atoms with E-state index in [0.29, 0.717) is 11.5 Å². The largest absolute Gasteiger partial charge is 0.315 e. The first-order chi connectivity index (χ1) is 9.13. The number of nitrogens with zero attached hydrogens (tertiary/aromatic N) is 3. The molecule has 5 rings (SSSR count). The first kappa shape index (κ1) is 11.9. The fourth-order valence-electron chi connectivity index (χ4n) is 5.67. The predicted octanol–water partition coefficient (Wildman–Crippen LogP) is 3.62. The normalized spacial score (nSPS) is 40.3. The van der Waals surface area contributed by atoms with Crippen LogP contribution in [0, 0.1) is 23.2 Å². The van der Waals surface area contributed by atoms with Crippen molar-refractivity contribution in [1.82, 2.24) is 14.8 Å². The van der Waals surface area contributed by atoms with Crippen LogP contribution in [0.2, 0.25) is 0 Å². The SMILES string of the molecule is CC(C)n1cnnc1CC12CC3CC(CC(C3)C1)C2. The van der Waals surface area contributed by atoms with Crippen molar-refractivity contribution in [3.8, 4) is 0 Å². The second-order valence-electron chi connectivity index (χ2n) is 7.84. The van der Waals surface area contributed by atoms with E-state index < -0.39 is 0 Å². The summed E-state index contributed by atoms with van der Waals surface area (Å²) in [4.78, 5) is 0. The average molecular weight is 259 g/mol. The molecule has 4 saturated carbocycles. The molecule has 0 atom stereocenters. The highest BCUT2D eigenvalue weighted by atomic mass is 15.3. The van der Waals surface area contributed by atoms with Gasteiger partial charge in [0.25, 0.3) is 0 Å². The molecule has 0 amide bonds. The summed E-state index contributed by atoms with van der Waals surface area (Å²) in [5.41, 5.74) is 0.578. The number of hydrogen-bond acceptors (Lipinski definition) is 2. The molecule has 1 aromatic rings. The zero-order chi connectivity index (χ0) is 13.0. The van der Waals surface area contributed by atoms with Gasteiger partial charge in [-0.25, -0.2) is 0 Å². The van der Waals surface area contributed by atoms with Crippen LogP contribution < -0.4 is 0 Å². The van der Waals surface area contributed by atoms with Gasteiger partial charge in [0.05, 0.1) is 0 Å². The summed E-state index contributed by atoms with van der Waals surface area (Å²) in [6.45, 7) is 4.46. The molecule has 0 saturated heterocycles. The van der Waals surface area contributed by atoms with Crippen LogP contribution in [0.25, 0.3) is 0 Å². The standard InChI is InChI=1S/C16H25N3/c1-11(2)19-10-17-18-15(19)9-16-6-12-3-13(7-16)5-14(4-12)8-16/h10-14H,3-9H2,1-2H3. The maximum absolute atomic E-state index is 4.43. The van der Waals surface area contributed by atoms with Gasteiger partial charge in [0, 0.05) is 12.5 Å². The lowest BCUT2D eigenvalue weighted by Crippen LogP contribution is -2.47. The average Bonchev–Trinajstić information content (AvgIpc) is 2.74. The molecule has 3 heteroatoms. The molecule has 0 aliphatic heterocycles. The molecule has 104 valence electrons. The number of aromatic nitrogens is 3. The lowest BCUT2D eigenvalue weighted by atomic mass is 9.49. The summed E-state index contributed by atoms with van der Waals surface area (Å²) in [6.07, 6.45) is 12.1. The van der Waals surface area contributed by atoms with E-state index in [1.165, 1.54) is 50.8 Å². The monoisotopic (exact) mass is 259 g/mol. The molecule has 0 unspecified atom stereocenters. The molecule has 4 aliphatic rings. The smallest absolute Gasteiger partial charge is 0.133 e. The van der Waals surface area contributed by atoms with Crippen molar-refractivity contribution in [3.05, 3.63) is 12.2 Å². The summed E-state index contributed by atoms with van der Waals surface area (Å²) in [6, 6.07) is 0.485. The van der Waals surface area contributed by atoms with Crippen LogP contribution in [-0.2, 0) is 6.42 Å². The second-order valence-corrected chi connectivity index (χ2v) is 7.84. The Labute approximate surface area is 115 Å². The lowest BCUT2D eigenvalue weighted by molar-refractivity contribution is -0.0536. The molecule has 0 N–H and O–H groups in total. The van der Waals surface area contributed by atoms with Crippen molar-refractivity contribution >= 4 is 0 Å². The Bertz CT molecular complexity index is 439. The van der Waals surface area contributed by atoms with Crippen LogP contribution in [0.4, 0.5) is 0 Å². The Balaban J connectivity index is 1.60. The van der Waals surface area contributed by atoms with Crippen molar-refractivity contribution < 1.29 is 0 Å². The van der Waals surface area contributed by atoms with Crippen molar-refractivity contribution in [1.29, 1.82) is 0 Å². The van der Waals surface area contributed by atoms with Gasteiger partial charge in [0.2, 0.25) is 0 Å². The Morgan fingerprint density at radius 1 is 1.16 bits per heavy atom. The third-order valence-corrected chi connectivity index (χ3v) is 5.90. The molecule has 19 heavy (non-hydrogen) atoms. The minimum absolute atomic E-state index is 0.485. The Hall–Kier alpha value is -0.860. The van der Waals surface area contributed by atoms with Crippen molar-refractivity contribution in [3.63, 3.8) is 0 Å². The van der Waals surface area contributed by atoms with E-state index in [1.54, 1.807) is 0 Å². The molecule has 1 aromatic heterocycles. The summed E-state index contributed by atoms with van der Waals surface area (Å²) < 4.78 is 2.28. The van der Waals surface area contributed by atoms with Crippen molar-refractivity contribution in [2.75, 3.05) is 0 Å². The first-order valence-corrected chi connectivity index (χ1v) is 8.02. The van der Waals surface area contributed by atoms with E-state index in [1.807, 2.05) is 6.33 Å². The Kier molecular flexibility index (Phi) is 2.55. The quantitative estimate of drug-likeness (QED) is 0.830. The van der Waals surface area contributed by atoms with Gasteiger partial charge < -0.3 is 4.57 Å². The third kappa shape index (κ3) is 1.93. The highest BCUT2D eigenvalue weighted by molar-refractivity contribution is 5.06. The highest BCUT2D eigenvalue weighted by Crippen LogP contribution is 2.60. The Morgan fingerprint density at radius 3 is 2.26 bits per heavy atom. The topological polar surface area (TPSA) is 30.7 Å². The van der Waals surface area contributed by atoms with Crippen molar-refractivity contribution in [2.45, 2.75) is 64.8 Å². The van der Waals surface area contributed by atoms with Crippen LogP contribution in [0.15, 0.2) is 6.33 Å². The molecule has 4 bridgehead atoms. The summed E-state index contributed by atoms with van der Waals surface area (Å²) >= 11 is 0. The summed E-state index contributed by atoms with van der Waals surface area (Å²) in [5.74, 6) is 4.32. The zero-order valence-corrected chi connectivity index (χ0v) is 12.2. The van der Waals surface area contributed by atoms with E-state index >= 15 is 0 Å². The van der Waals surface area contributed by atoms with Gasteiger partial charge in [-0.05, 0) is 75.5 Å². The summed E-state index contributed by atoms with van der Waals surface area (Å²) in [7, 11) is 0. The van der Waals surface area contributed by atoms with E-state index in [9.17, 15) is 0 Å². The fraction of sp³-hybridized carbons (Fsp3) is 0.875. The fourth-order valence-corrected chi connectivity index (χ4v) is 5.67. The lowest BCUT2D eigenvalue weighted by Gasteiger charge is -2.56. The molecule has 1 heterocycles. The second kappa shape index (κ2) is 4.07. The van der Waals surface area contributed by atoms with E-state index in [0.717, 1.165) is 17.8 Å². The Morgan fingerprint density at radius 2 is 1.74 bits per heavy atom. The van der Waals surface area contributed by atoms with Crippen LogP contribution in [-0.4, -0.2) is 14.8 Å². The highest BCUT2D eigenvalue weighted by Gasteiger charge is 2.51. The van der Waals surface area contributed by atoms with Crippen LogP contribution in [0.5, 0.6) is 0 Å². The van der Waals surface area contributed by atoms with Gasteiger partial charge in [-0.15, -0.1) is 10.2 Å². The summed E-state index contributed by atoms with van der Waals surface area (Å²) in [5, 5.41) is 8.58. The van der Waals surface area contributed by atoms with Crippen molar-refractivity contribution in [2.24, 2.45) is 23.2 Å². The van der Waals surface area contributed by atoms with Crippen LogP contribution in [0.1, 0.15) is 64.2 Å². The van der Waals surface area contributed by atoms with Gasteiger partial charge in [0.15, 0.2) is 0 Å². The van der Waals surface area contributed by atoms with Crippen LogP contribution >= 0.6 is 0 Å². The van der Waals surface area contributed by atoms with Gasteiger partial charge >= 0.3 is 0 Å². The maximum Gasteiger partial charge on any atom is 0.133 e. The zero-order valence-electron chi connectivity index (χ0n) is 12.2. The predicted molar refractivity (Wildman–Crippen MR) is 74.7 cm³/mol. The van der Waals surface area contributed by atoms with E-state index in [2.05, 4.69) is 28.6 Å². The molecule has 0 radical (unpaired) electrons. The van der Waals surface area contributed by atoms with Gasteiger partial charge in [0.1, 0.15) is 12.2 Å². The number of hydrogen-bond donors (Lipinski definition) is 0. The first-order valence-electron chi connectivity index (χ1n) is 8.02. The molecular weight excluding hydrogens is 234 g/mol. The molecule has 4 fully saturated rings.